The molecule has 1 saturated heterocycles. The highest BCUT2D eigenvalue weighted by molar-refractivity contribution is 5.93. The van der Waals surface area contributed by atoms with Gasteiger partial charge in [-0.2, -0.15) is 0 Å². The lowest BCUT2D eigenvalue weighted by Crippen LogP contribution is -2.33. The number of benzene rings is 3. The van der Waals surface area contributed by atoms with Gasteiger partial charge in [0, 0.05) is 29.4 Å². The number of aromatic nitrogens is 1. The van der Waals surface area contributed by atoms with Crippen LogP contribution < -0.4 is 5.73 Å². The Bertz CT molecular complexity index is 1460. The molecule has 1 amide bonds. The molecule has 0 aliphatic carbocycles. The zero-order valence-corrected chi connectivity index (χ0v) is 20.4. The number of hydrogen-bond donors (Lipinski definition) is 1. The lowest BCUT2D eigenvalue weighted by Gasteiger charge is -2.33. The molecule has 1 fully saturated rings. The van der Waals surface area contributed by atoms with Crippen molar-refractivity contribution in [3.8, 4) is 22.4 Å². The molecular weight excluding hydrogens is 494 g/mol. The summed E-state index contributed by atoms with van der Waals surface area (Å²) >= 11 is 0. The second kappa shape index (κ2) is 10.8. The normalized spacial score (nSPS) is 14.5. The number of piperidine rings is 1. The van der Waals surface area contributed by atoms with Gasteiger partial charge in [-0.05, 0) is 78.9 Å². The smallest absolute Gasteiger partial charge is 0.248 e. The molecular formula is C30H25F4N3O. The maximum atomic E-state index is 15.1. The highest BCUT2D eigenvalue weighted by Gasteiger charge is 2.29. The minimum absolute atomic E-state index is 0.0707. The van der Waals surface area contributed by atoms with Gasteiger partial charge in [-0.25, -0.2) is 17.6 Å². The average molecular weight is 520 g/mol. The number of nitrogens with two attached hydrogens (primary N) is 1. The molecule has 0 atom stereocenters. The Morgan fingerprint density at radius 3 is 2.13 bits per heavy atom. The monoisotopic (exact) mass is 519 g/mol. The van der Waals surface area contributed by atoms with E-state index in [2.05, 4.69) is 9.88 Å². The highest BCUT2D eigenvalue weighted by atomic mass is 19.2. The molecule has 0 saturated carbocycles. The Hall–Kier alpha value is -4.04. The number of primary amides is 1. The Balaban J connectivity index is 1.32. The summed E-state index contributed by atoms with van der Waals surface area (Å²) in [6.45, 7) is 1.96. The average Bonchev–Trinajstić information content (AvgIpc) is 2.93. The van der Waals surface area contributed by atoms with Crippen molar-refractivity contribution in [2.24, 2.45) is 5.73 Å². The van der Waals surface area contributed by atoms with Crippen LogP contribution in [0.1, 0.15) is 40.2 Å². The van der Waals surface area contributed by atoms with Crippen LogP contribution >= 0.6 is 0 Å². The van der Waals surface area contributed by atoms with E-state index in [1.807, 2.05) is 24.3 Å². The van der Waals surface area contributed by atoms with E-state index in [4.69, 9.17) is 5.73 Å². The van der Waals surface area contributed by atoms with Gasteiger partial charge in [0.2, 0.25) is 5.91 Å². The Morgan fingerprint density at radius 2 is 1.50 bits per heavy atom. The third kappa shape index (κ3) is 5.31. The third-order valence-corrected chi connectivity index (χ3v) is 7.05. The number of likely N-dealkylation sites (tertiary alicyclic amines) is 1. The van der Waals surface area contributed by atoms with Gasteiger partial charge in [0.25, 0.3) is 0 Å². The number of hydrogen-bond acceptors (Lipinski definition) is 3. The minimum atomic E-state index is -1.52. The van der Waals surface area contributed by atoms with Crippen LogP contribution in [0.25, 0.3) is 22.4 Å². The number of nitrogens with zero attached hydrogens (tertiary/aromatic N) is 2. The molecule has 38 heavy (non-hydrogen) atoms. The van der Waals surface area contributed by atoms with Crippen LogP contribution in [0, 0.1) is 23.3 Å². The lowest BCUT2D eigenvalue weighted by atomic mass is 9.84. The van der Waals surface area contributed by atoms with E-state index >= 15 is 4.39 Å². The molecule has 0 unspecified atom stereocenters. The van der Waals surface area contributed by atoms with Gasteiger partial charge in [-0.15, -0.1) is 0 Å². The summed E-state index contributed by atoms with van der Waals surface area (Å²) in [6.07, 6.45) is 2.42. The fraction of sp³-hybridized carbons (Fsp3) is 0.200. The Kier molecular flexibility index (Phi) is 7.24. The molecule has 0 bridgehead atoms. The first-order valence-electron chi connectivity index (χ1n) is 12.3. The van der Waals surface area contributed by atoms with Crippen LogP contribution in [0.4, 0.5) is 17.6 Å². The minimum Gasteiger partial charge on any atom is -0.366 e. The zero-order valence-electron chi connectivity index (χ0n) is 20.4. The summed E-state index contributed by atoms with van der Waals surface area (Å²) in [5, 5.41) is 0. The van der Waals surface area contributed by atoms with Crippen LogP contribution in [0.15, 0.2) is 72.9 Å². The fourth-order valence-corrected chi connectivity index (χ4v) is 5.03. The first kappa shape index (κ1) is 25.6. The van der Waals surface area contributed by atoms with Gasteiger partial charge in [0.05, 0.1) is 5.69 Å². The van der Waals surface area contributed by atoms with Crippen LogP contribution in [0.2, 0.25) is 0 Å². The molecule has 1 aromatic heterocycles. The third-order valence-electron chi connectivity index (χ3n) is 7.05. The predicted molar refractivity (Wildman–Crippen MR) is 137 cm³/mol. The topological polar surface area (TPSA) is 59.2 Å². The number of amides is 1. The standard InChI is InChI=1S/C30H25F4N3O/c31-23-7-5-20(6-8-23)19-3-1-18(2-4-19)17-37-13-10-21(11-14-37)27-24(16-25(32)28(33)29(27)34)26-15-22(30(35)38)9-12-36-26/h1-9,12,15-16,21H,10-11,13-14,17H2,(H2,35,38). The van der Waals surface area contributed by atoms with Crippen molar-refractivity contribution in [1.82, 2.24) is 9.88 Å². The first-order chi connectivity index (χ1) is 18.3. The van der Waals surface area contributed by atoms with E-state index in [9.17, 15) is 18.0 Å². The fourth-order valence-electron chi connectivity index (χ4n) is 5.03. The molecule has 194 valence electrons. The molecule has 5 rings (SSSR count). The van der Waals surface area contributed by atoms with Gasteiger partial charge >= 0.3 is 0 Å². The van der Waals surface area contributed by atoms with Crippen molar-refractivity contribution in [3.05, 3.63) is 113 Å². The van der Waals surface area contributed by atoms with Crippen molar-refractivity contribution < 1.29 is 22.4 Å². The number of rotatable bonds is 6. The molecule has 8 heteroatoms. The van der Waals surface area contributed by atoms with E-state index in [0.717, 1.165) is 22.8 Å². The lowest BCUT2D eigenvalue weighted by molar-refractivity contribution is 0.1000. The van der Waals surface area contributed by atoms with Gasteiger partial charge in [0.1, 0.15) is 5.82 Å². The van der Waals surface area contributed by atoms with E-state index in [0.29, 0.717) is 32.5 Å². The van der Waals surface area contributed by atoms with E-state index < -0.39 is 23.4 Å². The quantitative estimate of drug-likeness (QED) is 0.235. The predicted octanol–water partition coefficient (Wildman–Crippen LogP) is 6.45. The second-order valence-corrected chi connectivity index (χ2v) is 9.50. The Labute approximate surface area is 217 Å². The van der Waals surface area contributed by atoms with Crippen molar-refractivity contribution in [2.45, 2.75) is 25.3 Å². The largest absolute Gasteiger partial charge is 0.366 e. The number of carbonyl (C=O) groups is 1. The van der Waals surface area contributed by atoms with Crippen LogP contribution in [0.3, 0.4) is 0 Å². The summed E-state index contributed by atoms with van der Waals surface area (Å²) < 4.78 is 56.9. The van der Waals surface area contributed by atoms with Crippen LogP contribution in [-0.4, -0.2) is 28.9 Å². The highest BCUT2D eigenvalue weighted by Crippen LogP contribution is 2.38. The number of halogens is 4. The van der Waals surface area contributed by atoms with Crippen LogP contribution in [0.5, 0.6) is 0 Å². The maximum absolute atomic E-state index is 15.1. The molecule has 1 aliphatic rings. The zero-order chi connectivity index (χ0) is 26.8. The molecule has 0 spiro atoms. The molecule has 3 aromatic carbocycles. The molecule has 4 aromatic rings. The van der Waals surface area contributed by atoms with Crippen molar-refractivity contribution in [3.63, 3.8) is 0 Å². The van der Waals surface area contributed by atoms with Crippen molar-refractivity contribution in [1.29, 1.82) is 0 Å². The summed E-state index contributed by atoms with van der Waals surface area (Å²) in [5.41, 5.74) is 8.87. The second-order valence-electron chi connectivity index (χ2n) is 9.50. The van der Waals surface area contributed by atoms with Gasteiger partial charge in [0.15, 0.2) is 17.5 Å². The molecule has 1 aliphatic heterocycles. The summed E-state index contributed by atoms with van der Waals surface area (Å²) in [6, 6.07) is 18.1. The van der Waals surface area contributed by atoms with Crippen molar-refractivity contribution >= 4 is 5.91 Å². The number of carbonyl (C=O) groups excluding carboxylic acids is 1. The molecule has 2 heterocycles. The summed E-state index contributed by atoms with van der Waals surface area (Å²) in [4.78, 5) is 18.0. The molecule has 0 radical (unpaired) electrons. The first-order valence-corrected chi connectivity index (χ1v) is 12.3. The molecule has 2 N–H and O–H groups in total. The summed E-state index contributed by atoms with van der Waals surface area (Å²) in [7, 11) is 0. The summed E-state index contributed by atoms with van der Waals surface area (Å²) in [5.74, 6) is -5.37. The van der Waals surface area contributed by atoms with Gasteiger partial charge < -0.3 is 5.73 Å². The van der Waals surface area contributed by atoms with E-state index in [1.54, 1.807) is 12.1 Å². The van der Waals surface area contributed by atoms with Gasteiger partial charge in [-0.1, -0.05) is 36.4 Å². The van der Waals surface area contributed by atoms with E-state index in [-0.39, 0.29) is 34.1 Å². The SMILES string of the molecule is NC(=O)c1ccnc(-c2cc(F)c(F)c(F)c2C2CCN(Cc3ccc(-c4ccc(F)cc4)cc3)CC2)c1. The van der Waals surface area contributed by atoms with Gasteiger partial charge in [-0.3, -0.25) is 14.7 Å². The van der Waals surface area contributed by atoms with Crippen LogP contribution in [-0.2, 0) is 6.54 Å². The van der Waals surface area contributed by atoms with E-state index in [1.165, 1.54) is 30.5 Å². The van der Waals surface area contributed by atoms with Crippen molar-refractivity contribution in [2.75, 3.05) is 13.1 Å². The number of pyridine rings is 1. The maximum Gasteiger partial charge on any atom is 0.248 e. The Morgan fingerprint density at radius 1 is 0.868 bits per heavy atom. The molecule has 4 nitrogen and oxygen atoms in total.